The van der Waals surface area contributed by atoms with Crippen LogP contribution in [0, 0.1) is 11.3 Å². The van der Waals surface area contributed by atoms with Gasteiger partial charge in [-0.25, -0.2) is 9.78 Å². The van der Waals surface area contributed by atoms with Gasteiger partial charge in [0.15, 0.2) is 0 Å². The zero-order chi connectivity index (χ0) is 28.6. The van der Waals surface area contributed by atoms with Gasteiger partial charge in [0.2, 0.25) is 5.91 Å². The Labute approximate surface area is 235 Å². The first-order chi connectivity index (χ1) is 18.8. The van der Waals surface area contributed by atoms with Gasteiger partial charge in [-0.2, -0.15) is 0 Å². The number of carbonyl (C=O) groups is 2. The van der Waals surface area contributed by atoms with Crippen LogP contribution < -0.4 is 10.8 Å². The highest BCUT2D eigenvalue weighted by atomic mass is 16.7. The largest absolute Gasteiger partial charge is 0.494 e. The molecule has 212 valence electrons. The summed E-state index contributed by atoms with van der Waals surface area (Å²) in [5, 5.41) is 4.83. The number of imidazole rings is 1. The summed E-state index contributed by atoms with van der Waals surface area (Å²) in [5.74, 6) is 0.613. The van der Waals surface area contributed by atoms with E-state index in [-0.39, 0.29) is 23.3 Å². The number of aromatic amines is 1. The minimum absolute atomic E-state index is 0.0826. The summed E-state index contributed by atoms with van der Waals surface area (Å²) in [4.78, 5) is 36.3. The molecule has 1 aliphatic carbocycles. The fourth-order valence-electron chi connectivity index (χ4n) is 6.07. The molecule has 2 aliphatic heterocycles. The summed E-state index contributed by atoms with van der Waals surface area (Å²) in [6.45, 7) is 12.8. The van der Waals surface area contributed by atoms with Crippen molar-refractivity contribution >= 4 is 46.4 Å². The number of methoxy groups -OCH3 is 1. The van der Waals surface area contributed by atoms with Crippen LogP contribution in [0.15, 0.2) is 30.3 Å². The third-order valence-corrected chi connectivity index (χ3v) is 9.49. The average Bonchev–Trinajstić information content (AvgIpc) is 3.24. The molecule has 2 atom stereocenters. The van der Waals surface area contributed by atoms with Crippen molar-refractivity contribution < 1.29 is 23.6 Å². The molecule has 9 nitrogen and oxygen atoms in total. The van der Waals surface area contributed by atoms with Crippen LogP contribution >= 0.6 is 0 Å². The van der Waals surface area contributed by atoms with Crippen LogP contribution in [-0.2, 0) is 18.8 Å². The molecule has 3 fully saturated rings. The molecule has 0 bridgehead atoms. The molecule has 3 heterocycles. The Balaban J connectivity index is 1.32. The Kier molecular flexibility index (Phi) is 6.23. The second-order valence-corrected chi connectivity index (χ2v) is 13.2. The van der Waals surface area contributed by atoms with E-state index in [2.05, 4.69) is 62.3 Å². The van der Waals surface area contributed by atoms with Crippen molar-refractivity contribution in [3.05, 3.63) is 36.2 Å². The van der Waals surface area contributed by atoms with E-state index >= 15 is 0 Å². The number of likely N-dealkylation sites (tertiary alicyclic amines) is 1. The number of alkyl carbamates (subject to hydrolysis) is 1. The van der Waals surface area contributed by atoms with Crippen LogP contribution in [0.3, 0.4) is 0 Å². The van der Waals surface area contributed by atoms with E-state index in [4.69, 9.17) is 19.0 Å². The van der Waals surface area contributed by atoms with Gasteiger partial charge in [0.25, 0.3) is 0 Å². The SMILES string of the molecule is COC(=O)N[C@H](C(=O)N1CC2(CC2)C[C@H]1c1nc2c(ccc3cc(B4OC(C)(C)C(C)(C)O4)ccc32)[nH]1)C(C)C. The number of rotatable bonds is 5. The molecule has 3 aliphatic rings. The van der Waals surface area contributed by atoms with Gasteiger partial charge in [0.05, 0.1) is 35.4 Å². The highest BCUT2D eigenvalue weighted by molar-refractivity contribution is 6.62. The van der Waals surface area contributed by atoms with E-state index in [0.717, 1.165) is 52.4 Å². The number of aromatic nitrogens is 2. The molecule has 2 saturated heterocycles. The van der Waals surface area contributed by atoms with Crippen LogP contribution in [0.1, 0.15) is 72.7 Å². The molecular weight excluding hydrogens is 507 g/mol. The molecule has 10 heteroatoms. The Hall–Kier alpha value is -3.11. The second kappa shape index (κ2) is 9.21. The highest BCUT2D eigenvalue weighted by Gasteiger charge is 2.55. The summed E-state index contributed by atoms with van der Waals surface area (Å²) in [6.07, 6.45) is 2.48. The first kappa shape index (κ1) is 27.1. The average molecular weight is 546 g/mol. The molecule has 2 aromatic carbocycles. The maximum absolute atomic E-state index is 13.8. The van der Waals surface area contributed by atoms with E-state index in [0.29, 0.717) is 6.54 Å². The summed E-state index contributed by atoms with van der Waals surface area (Å²) >= 11 is 0. The van der Waals surface area contributed by atoms with Crippen LogP contribution in [0.4, 0.5) is 4.79 Å². The zero-order valence-electron chi connectivity index (χ0n) is 24.5. The molecule has 0 unspecified atom stereocenters. The number of nitrogens with zero attached hydrogens (tertiary/aromatic N) is 2. The minimum atomic E-state index is -0.664. The first-order valence-corrected chi connectivity index (χ1v) is 14.3. The van der Waals surface area contributed by atoms with Gasteiger partial charge in [-0.15, -0.1) is 0 Å². The predicted octanol–water partition coefficient (Wildman–Crippen LogP) is 4.45. The lowest BCUT2D eigenvalue weighted by Gasteiger charge is -2.32. The van der Waals surface area contributed by atoms with Crippen LogP contribution in [-0.4, -0.2) is 64.9 Å². The number of fused-ring (bicyclic) bond motifs is 3. The number of carbonyl (C=O) groups excluding carboxylic acids is 2. The Morgan fingerprint density at radius 1 is 1.12 bits per heavy atom. The molecule has 1 aromatic heterocycles. The number of hydrogen-bond donors (Lipinski definition) is 2. The van der Waals surface area contributed by atoms with Crippen LogP contribution in [0.25, 0.3) is 21.8 Å². The third-order valence-electron chi connectivity index (χ3n) is 9.49. The standard InChI is InChI=1S/C30H39BN4O5/c1-17(2)23(34-27(37)38-7)26(36)35-16-30(12-13-30)15-22(35)25-32-21-11-8-18-14-19(9-10-20(18)24(21)33-25)31-39-28(3,4)29(5,6)40-31/h8-11,14,17,22-23H,12-13,15-16H2,1-7H3,(H,32,33)(H,34,37)/t22-,23-/m0/s1. The Morgan fingerprint density at radius 2 is 1.82 bits per heavy atom. The van der Waals surface area contributed by atoms with Gasteiger partial charge >= 0.3 is 13.2 Å². The maximum atomic E-state index is 13.8. The molecular formula is C30H39BN4O5. The number of nitrogens with one attached hydrogen (secondary N) is 2. The predicted molar refractivity (Wildman–Crippen MR) is 154 cm³/mol. The fraction of sp³-hybridized carbons (Fsp3) is 0.567. The van der Waals surface area contributed by atoms with Crippen LogP contribution in [0.2, 0.25) is 0 Å². The topological polar surface area (TPSA) is 106 Å². The van der Waals surface area contributed by atoms with E-state index in [9.17, 15) is 9.59 Å². The van der Waals surface area contributed by atoms with Crippen molar-refractivity contribution in [3.63, 3.8) is 0 Å². The lowest BCUT2D eigenvalue weighted by Crippen LogP contribution is -2.51. The van der Waals surface area contributed by atoms with E-state index in [1.807, 2.05) is 24.8 Å². The van der Waals surface area contributed by atoms with Gasteiger partial charge in [-0.1, -0.05) is 38.1 Å². The monoisotopic (exact) mass is 546 g/mol. The van der Waals surface area contributed by atoms with Crippen molar-refractivity contribution in [3.8, 4) is 0 Å². The quantitative estimate of drug-likeness (QED) is 0.459. The van der Waals surface area contributed by atoms with E-state index < -0.39 is 30.5 Å². The molecule has 6 rings (SSSR count). The van der Waals surface area contributed by atoms with Crippen molar-refractivity contribution in [2.24, 2.45) is 11.3 Å². The minimum Gasteiger partial charge on any atom is -0.453 e. The van der Waals surface area contributed by atoms with Gasteiger partial charge in [-0.3, -0.25) is 4.79 Å². The maximum Gasteiger partial charge on any atom is 0.494 e. The fourth-order valence-corrected chi connectivity index (χ4v) is 6.07. The molecule has 0 radical (unpaired) electrons. The molecule has 2 amide bonds. The lowest BCUT2D eigenvalue weighted by atomic mass is 9.78. The molecule has 3 aromatic rings. The van der Waals surface area contributed by atoms with Crippen LogP contribution in [0.5, 0.6) is 0 Å². The van der Waals surface area contributed by atoms with Gasteiger partial charge < -0.3 is 29.2 Å². The van der Waals surface area contributed by atoms with Gasteiger partial charge in [0, 0.05) is 11.9 Å². The Bertz CT molecular complexity index is 1480. The molecule has 40 heavy (non-hydrogen) atoms. The lowest BCUT2D eigenvalue weighted by molar-refractivity contribution is -0.135. The van der Waals surface area contributed by atoms with E-state index in [1.54, 1.807) is 0 Å². The number of H-pyrrole nitrogens is 1. The number of ether oxygens (including phenoxy) is 1. The normalized spacial score (nSPS) is 23.4. The van der Waals surface area contributed by atoms with Crippen molar-refractivity contribution in [1.82, 2.24) is 20.2 Å². The summed E-state index contributed by atoms with van der Waals surface area (Å²) in [5.41, 5.74) is 2.12. The summed E-state index contributed by atoms with van der Waals surface area (Å²) in [7, 11) is 0.881. The van der Waals surface area contributed by atoms with Gasteiger partial charge in [-0.05, 0) is 75.2 Å². The molecule has 2 N–H and O–H groups in total. The Morgan fingerprint density at radius 3 is 2.45 bits per heavy atom. The first-order valence-electron chi connectivity index (χ1n) is 14.3. The number of amides is 2. The highest BCUT2D eigenvalue weighted by Crippen LogP contribution is 2.58. The zero-order valence-corrected chi connectivity index (χ0v) is 24.5. The summed E-state index contributed by atoms with van der Waals surface area (Å²) < 4.78 is 17.3. The van der Waals surface area contributed by atoms with Crippen molar-refractivity contribution in [1.29, 1.82) is 0 Å². The molecule has 1 saturated carbocycles. The van der Waals surface area contributed by atoms with Crippen molar-refractivity contribution in [2.75, 3.05) is 13.7 Å². The molecule has 1 spiro atoms. The summed E-state index contributed by atoms with van der Waals surface area (Å²) in [6, 6.07) is 9.54. The third kappa shape index (κ3) is 4.45. The number of hydrogen-bond acceptors (Lipinski definition) is 6. The van der Waals surface area contributed by atoms with Gasteiger partial charge in [0.1, 0.15) is 11.9 Å². The second-order valence-electron chi connectivity index (χ2n) is 13.2. The smallest absolute Gasteiger partial charge is 0.453 e. The van der Waals surface area contributed by atoms with Crippen molar-refractivity contribution in [2.45, 2.75) is 84.1 Å². The van der Waals surface area contributed by atoms with E-state index in [1.165, 1.54) is 7.11 Å². The number of benzene rings is 2.